The predicted octanol–water partition coefficient (Wildman–Crippen LogP) is 2.88. The monoisotopic (exact) mass is 511 g/mol. The molecule has 0 saturated heterocycles. The molecule has 38 heavy (non-hydrogen) atoms. The van der Waals surface area contributed by atoms with Gasteiger partial charge in [0.05, 0.1) is 47.4 Å². The maximum atomic E-state index is 13.9. The minimum absolute atomic E-state index is 0.0279. The van der Waals surface area contributed by atoms with E-state index < -0.39 is 17.8 Å². The quantitative estimate of drug-likeness (QED) is 0.280. The largest absolute Gasteiger partial charge is 0.389 e. The van der Waals surface area contributed by atoms with Crippen molar-refractivity contribution in [2.45, 2.75) is 19.6 Å². The zero-order valence-electron chi connectivity index (χ0n) is 20.2. The number of halogens is 1. The zero-order chi connectivity index (χ0) is 26.8. The Labute approximate surface area is 216 Å². The molecule has 190 valence electrons. The van der Waals surface area contributed by atoms with Crippen LogP contribution in [0.5, 0.6) is 0 Å². The van der Waals surface area contributed by atoms with Crippen LogP contribution in [0.1, 0.15) is 32.9 Å². The molecule has 0 spiro atoms. The summed E-state index contributed by atoms with van der Waals surface area (Å²) in [6.07, 6.45) is 3.67. The van der Waals surface area contributed by atoms with Crippen molar-refractivity contribution in [1.29, 1.82) is 5.26 Å². The van der Waals surface area contributed by atoms with Crippen molar-refractivity contribution in [3.63, 3.8) is 0 Å². The number of H-pyrrole nitrogens is 1. The molecule has 0 aliphatic carbocycles. The predicted molar refractivity (Wildman–Crippen MR) is 137 cm³/mol. The lowest BCUT2D eigenvalue weighted by atomic mass is 9.93. The number of aliphatic hydroxyl groups is 1. The lowest BCUT2D eigenvalue weighted by Crippen LogP contribution is -2.35. The van der Waals surface area contributed by atoms with Crippen LogP contribution in [0.2, 0.25) is 0 Å². The molecule has 2 aromatic heterocycles. The second-order valence-electron chi connectivity index (χ2n) is 8.77. The van der Waals surface area contributed by atoms with E-state index in [1.54, 1.807) is 43.3 Å². The molecule has 0 radical (unpaired) electrons. The summed E-state index contributed by atoms with van der Waals surface area (Å²) in [6, 6.07) is 13.0. The summed E-state index contributed by atoms with van der Waals surface area (Å²) < 4.78 is 13.9. The zero-order valence-corrected chi connectivity index (χ0v) is 20.2. The number of anilines is 1. The van der Waals surface area contributed by atoms with Gasteiger partial charge in [0.1, 0.15) is 11.9 Å². The van der Waals surface area contributed by atoms with Gasteiger partial charge in [-0.25, -0.2) is 4.39 Å². The van der Waals surface area contributed by atoms with Crippen LogP contribution >= 0.6 is 0 Å². The highest BCUT2D eigenvalue weighted by atomic mass is 19.1. The van der Waals surface area contributed by atoms with Crippen LogP contribution < -0.4 is 10.6 Å². The summed E-state index contributed by atoms with van der Waals surface area (Å²) in [5.74, 6) is -1.43. The molecule has 0 saturated carbocycles. The van der Waals surface area contributed by atoms with Gasteiger partial charge in [0.25, 0.3) is 11.8 Å². The number of nitriles is 1. The second kappa shape index (κ2) is 10.1. The summed E-state index contributed by atoms with van der Waals surface area (Å²) in [5.41, 5.74) is 3.95. The molecule has 3 heterocycles. The molecule has 2 amide bonds. The number of aromatic amines is 1. The fourth-order valence-electron chi connectivity index (χ4n) is 4.36. The average Bonchev–Trinajstić information content (AvgIpc) is 3.62. The first-order chi connectivity index (χ1) is 18.3. The number of fused-ring (bicyclic) bond motifs is 1. The third kappa shape index (κ3) is 4.80. The van der Waals surface area contributed by atoms with Crippen molar-refractivity contribution in [2.75, 3.05) is 11.9 Å². The summed E-state index contributed by atoms with van der Waals surface area (Å²) in [4.78, 5) is 30.4. The Hall–Kier alpha value is -5.08. The summed E-state index contributed by atoms with van der Waals surface area (Å²) in [6.45, 7) is 1.87. The average molecular weight is 512 g/mol. The molecule has 4 aromatic rings. The molecular formula is C27H22FN7O3. The molecule has 5 rings (SSSR count). The maximum Gasteiger partial charge on any atom is 0.256 e. The number of hydrogen-bond acceptors (Lipinski definition) is 6. The summed E-state index contributed by atoms with van der Waals surface area (Å²) >= 11 is 0. The van der Waals surface area contributed by atoms with Crippen LogP contribution in [0.15, 0.2) is 54.9 Å². The Morgan fingerprint density at radius 1 is 1.26 bits per heavy atom. The molecule has 0 fully saturated rings. The highest BCUT2D eigenvalue weighted by Crippen LogP contribution is 2.41. The molecule has 1 aliphatic heterocycles. The normalized spacial score (nSPS) is 14.2. The van der Waals surface area contributed by atoms with Crippen LogP contribution in [0, 0.1) is 24.1 Å². The van der Waals surface area contributed by atoms with Gasteiger partial charge in [0, 0.05) is 23.5 Å². The number of benzene rings is 2. The first-order valence-electron chi connectivity index (χ1n) is 11.7. The first-order valence-corrected chi connectivity index (χ1v) is 11.7. The van der Waals surface area contributed by atoms with Crippen molar-refractivity contribution in [3.05, 3.63) is 88.8 Å². The molecule has 1 atom stereocenters. The van der Waals surface area contributed by atoms with E-state index in [1.165, 1.54) is 29.3 Å². The molecular weight excluding hydrogens is 489 g/mol. The number of aromatic nitrogens is 4. The highest BCUT2D eigenvalue weighted by molar-refractivity contribution is 6.36. The van der Waals surface area contributed by atoms with Gasteiger partial charge in [0.2, 0.25) is 0 Å². The van der Waals surface area contributed by atoms with Gasteiger partial charge in [-0.15, -0.1) is 0 Å². The third-order valence-electron chi connectivity index (χ3n) is 6.08. The van der Waals surface area contributed by atoms with E-state index in [0.717, 1.165) is 0 Å². The van der Waals surface area contributed by atoms with Crippen LogP contribution in [-0.2, 0) is 11.3 Å². The minimum atomic E-state index is -0.905. The maximum absolute atomic E-state index is 13.9. The Morgan fingerprint density at radius 2 is 2.05 bits per heavy atom. The SMILES string of the molecule is Cc1cc(C(=O)NCC(O)Cn2nccn2)c(C=C2C(=O)Nc3cccc(-c4ccc(F)c(C#N)c4)c32)[nH]1. The van der Waals surface area contributed by atoms with E-state index >= 15 is 0 Å². The fourth-order valence-corrected chi connectivity index (χ4v) is 4.36. The molecule has 11 heteroatoms. The van der Waals surface area contributed by atoms with Gasteiger partial charge >= 0.3 is 0 Å². The Bertz CT molecular complexity index is 1620. The third-order valence-corrected chi connectivity index (χ3v) is 6.08. The van der Waals surface area contributed by atoms with Crippen molar-refractivity contribution >= 4 is 29.2 Å². The molecule has 10 nitrogen and oxygen atoms in total. The number of aryl methyl sites for hydroxylation is 1. The summed E-state index contributed by atoms with van der Waals surface area (Å²) in [5, 5.41) is 32.9. The fraction of sp³-hybridized carbons (Fsp3) is 0.148. The van der Waals surface area contributed by atoms with E-state index in [1.807, 2.05) is 6.07 Å². The number of aliphatic hydroxyl groups excluding tert-OH is 1. The van der Waals surface area contributed by atoms with E-state index in [2.05, 4.69) is 25.8 Å². The smallest absolute Gasteiger partial charge is 0.256 e. The lowest BCUT2D eigenvalue weighted by molar-refractivity contribution is -0.110. The van der Waals surface area contributed by atoms with Gasteiger partial charge in [-0.1, -0.05) is 18.2 Å². The van der Waals surface area contributed by atoms with E-state index in [9.17, 15) is 24.3 Å². The number of nitrogens with one attached hydrogen (secondary N) is 3. The highest BCUT2D eigenvalue weighted by Gasteiger charge is 2.28. The van der Waals surface area contributed by atoms with Crippen LogP contribution in [0.3, 0.4) is 0 Å². The number of amides is 2. The Balaban J connectivity index is 1.46. The van der Waals surface area contributed by atoms with Gasteiger partial charge in [-0.3, -0.25) is 9.59 Å². The number of nitrogens with zero attached hydrogens (tertiary/aromatic N) is 4. The van der Waals surface area contributed by atoms with E-state index in [4.69, 9.17) is 0 Å². The van der Waals surface area contributed by atoms with Gasteiger partial charge in [-0.05, 0) is 48.4 Å². The molecule has 4 N–H and O–H groups in total. The van der Waals surface area contributed by atoms with Crippen molar-refractivity contribution in [2.24, 2.45) is 0 Å². The van der Waals surface area contributed by atoms with Gasteiger partial charge in [-0.2, -0.15) is 20.3 Å². The standard InChI is InChI=1S/C27H22FN7O3/c1-15-9-20(26(37)30-13-18(36)14-35-31-7-8-32-35)24(33-15)11-21-25-19(3-2-4-23(25)34-27(21)38)16-5-6-22(28)17(10-16)12-29/h2-11,18,33,36H,13-14H2,1H3,(H,30,37)(H,34,38). The topological polar surface area (TPSA) is 149 Å². The first kappa shape index (κ1) is 24.6. The van der Waals surface area contributed by atoms with Crippen molar-refractivity contribution in [1.82, 2.24) is 25.3 Å². The van der Waals surface area contributed by atoms with Crippen LogP contribution in [0.4, 0.5) is 10.1 Å². The van der Waals surface area contributed by atoms with Crippen molar-refractivity contribution in [3.8, 4) is 17.2 Å². The molecule has 1 unspecified atom stereocenters. The number of carbonyl (C=O) groups is 2. The molecule has 2 aromatic carbocycles. The lowest BCUT2D eigenvalue weighted by Gasteiger charge is -2.11. The Morgan fingerprint density at radius 3 is 2.82 bits per heavy atom. The van der Waals surface area contributed by atoms with Crippen molar-refractivity contribution < 1.29 is 19.1 Å². The second-order valence-corrected chi connectivity index (χ2v) is 8.77. The van der Waals surface area contributed by atoms with E-state index in [-0.39, 0.29) is 24.6 Å². The molecule has 0 bridgehead atoms. The van der Waals surface area contributed by atoms with Gasteiger partial charge in [0.15, 0.2) is 0 Å². The molecule has 1 aliphatic rings. The number of hydrogen-bond donors (Lipinski definition) is 4. The number of rotatable bonds is 7. The van der Waals surface area contributed by atoms with E-state index in [0.29, 0.717) is 44.9 Å². The van der Waals surface area contributed by atoms with Crippen LogP contribution in [-0.4, -0.2) is 49.5 Å². The van der Waals surface area contributed by atoms with Gasteiger partial charge < -0.3 is 20.7 Å². The Kier molecular flexibility index (Phi) is 6.55. The minimum Gasteiger partial charge on any atom is -0.389 e. The number of carbonyl (C=O) groups excluding carboxylic acids is 2. The van der Waals surface area contributed by atoms with Crippen LogP contribution in [0.25, 0.3) is 22.8 Å². The summed E-state index contributed by atoms with van der Waals surface area (Å²) in [7, 11) is 0.